The van der Waals surface area contributed by atoms with Crippen molar-refractivity contribution in [2.24, 2.45) is 0 Å². The molecule has 2 aromatic rings. The third kappa shape index (κ3) is 3.72. The minimum Gasteiger partial charge on any atom is -0.318 e. The number of hydrogen-bond acceptors (Lipinski definition) is 4. The number of halogens is 3. The summed E-state index contributed by atoms with van der Waals surface area (Å²) in [6.07, 6.45) is 2.96. The molecule has 0 bridgehead atoms. The molecule has 1 saturated carbocycles. The Bertz CT molecular complexity index is 749. The van der Waals surface area contributed by atoms with Gasteiger partial charge in [-0.25, -0.2) is 9.37 Å². The lowest BCUT2D eigenvalue weighted by Gasteiger charge is -2.19. The standard InChI is InChI=1S/C16H16FN3OS.2ClH/c17-14-11-5-6-18-7-10(11)3-4-12(14)19-15(21)13-8-22-16(20-13)9-1-2-9;;/h3-4,8-9,18H,1-2,5-7H2,(H,19,21);2*1H. The number of carbonyl (C=O) groups is 1. The van der Waals surface area contributed by atoms with Gasteiger partial charge in [-0.2, -0.15) is 0 Å². The van der Waals surface area contributed by atoms with E-state index >= 15 is 0 Å². The first-order valence-corrected chi connectivity index (χ1v) is 8.38. The lowest BCUT2D eigenvalue weighted by Crippen LogP contribution is -2.25. The molecule has 2 heterocycles. The van der Waals surface area contributed by atoms with Crippen LogP contribution in [0.1, 0.15) is 45.4 Å². The average molecular weight is 390 g/mol. The van der Waals surface area contributed by atoms with Crippen LogP contribution in [-0.2, 0) is 13.0 Å². The molecule has 4 nitrogen and oxygen atoms in total. The molecule has 0 spiro atoms. The van der Waals surface area contributed by atoms with Crippen LogP contribution in [0.25, 0.3) is 0 Å². The fourth-order valence-electron chi connectivity index (χ4n) is 2.73. The lowest BCUT2D eigenvalue weighted by molar-refractivity contribution is 0.102. The molecule has 1 aliphatic heterocycles. The van der Waals surface area contributed by atoms with Crippen LogP contribution in [0.5, 0.6) is 0 Å². The van der Waals surface area contributed by atoms with E-state index in [4.69, 9.17) is 0 Å². The van der Waals surface area contributed by atoms with Crippen LogP contribution in [0.2, 0.25) is 0 Å². The van der Waals surface area contributed by atoms with Crippen LogP contribution < -0.4 is 10.6 Å². The average Bonchev–Trinajstić information content (AvgIpc) is 3.27. The normalized spacial score (nSPS) is 15.7. The molecule has 0 saturated heterocycles. The van der Waals surface area contributed by atoms with Gasteiger partial charge in [-0.05, 0) is 43.0 Å². The molecule has 2 aliphatic rings. The molecule has 2 N–H and O–H groups in total. The van der Waals surface area contributed by atoms with Crippen molar-refractivity contribution < 1.29 is 9.18 Å². The summed E-state index contributed by atoms with van der Waals surface area (Å²) in [6.45, 7) is 1.44. The third-order valence-corrected chi connectivity index (χ3v) is 5.14. The van der Waals surface area contributed by atoms with Crippen LogP contribution in [-0.4, -0.2) is 17.4 Å². The molecule has 0 radical (unpaired) electrons. The maximum Gasteiger partial charge on any atom is 0.275 e. The molecule has 1 aromatic carbocycles. The van der Waals surface area contributed by atoms with E-state index < -0.39 is 0 Å². The summed E-state index contributed by atoms with van der Waals surface area (Å²) in [7, 11) is 0. The summed E-state index contributed by atoms with van der Waals surface area (Å²) in [6, 6.07) is 3.50. The second-order valence-electron chi connectivity index (χ2n) is 5.79. The number of fused-ring (bicyclic) bond motifs is 1. The summed E-state index contributed by atoms with van der Waals surface area (Å²) in [5.74, 6) is -0.125. The van der Waals surface area contributed by atoms with Gasteiger partial charge >= 0.3 is 0 Å². The monoisotopic (exact) mass is 389 g/mol. The minimum atomic E-state index is -0.337. The van der Waals surface area contributed by atoms with Gasteiger partial charge in [0.1, 0.15) is 11.5 Å². The van der Waals surface area contributed by atoms with E-state index in [0.29, 0.717) is 30.1 Å². The van der Waals surface area contributed by atoms with Gasteiger partial charge in [0.05, 0.1) is 10.7 Å². The van der Waals surface area contributed by atoms with Crippen LogP contribution in [0.15, 0.2) is 17.5 Å². The Morgan fingerprint density at radius 1 is 1.33 bits per heavy atom. The first kappa shape index (κ1) is 19.1. The molecule has 1 fully saturated rings. The molecule has 0 atom stereocenters. The number of aromatic nitrogens is 1. The molecule has 4 rings (SSSR count). The first-order chi connectivity index (χ1) is 10.7. The molecule has 8 heteroatoms. The van der Waals surface area contributed by atoms with Gasteiger partial charge in [-0.1, -0.05) is 6.07 Å². The Hall–Kier alpha value is -1.21. The van der Waals surface area contributed by atoms with Gasteiger partial charge in [-0.3, -0.25) is 4.79 Å². The van der Waals surface area contributed by atoms with E-state index in [1.54, 1.807) is 11.4 Å². The van der Waals surface area contributed by atoms with Gasteiger partial charge in [0.15, 0.2) is 0 Å². The number of anilines is 1. The van der Waals surface area contributed by atoms with E-state index in [-0.39, 0.29) is 42.2 Å². The maximum absolute atomic E-state index is 14.5. The van der Waals surface area contributed by atoms with Crippen molar-refractivity contribution >= 4 is 47.7 Å². The van der Waals surface area contributed by atoms with Crippen LogP contribution >= 0.6 is 36.2 Å². The van der Waals surface area contributed by atoms with Gasteiger partial charge in [0, 0.05) is 17.8 Å². The van der Waals surface area contributed by atoms with E-state index in [9.17, 15) is 9.18 Å². The van der Waals surface area contributed by atoms with Crippen molar-refractivity contribution in [3.05, 3.63) is 45.2 Å². The van der Waals surface area contributed by atoms with Crippen molar-refractivity contribution in [1.82, 2.24) is 10.3 Å². The highest BCUT2D eigenvalue weighted by Crippen LogP contribution is 2.41. The lowest BCUT2D eigenvalue weighted by atomic mass is 9.99. The van der Waals surface area contributed by atoms with Crippen molar-refractivity contribution in [1.29, 1.82) is 0 Å². The van der Waals surface area contributed by atoms with Gasteiger partial charge < -0.3 is 10.6 Å². The quantitative estimate of drug-likeness (QED) is 0.836. The molecule has 24 heavy (non-hydrogen) atoms. The predicted molar refractivity (Wildman–Crippen MR) is 98.3 cm³/mol. The summed E-state index contributed by atoms with van der Waals surface area (Å²) >= 11 is 1.51. The molecular weight excluding hydrogens is 372 g/mol. The number of carbonyl (C=O) groups excluding carboxylic acids is 1. The number of benzene rings is 1. The van der Waals surface area contributed by atoms with E-state index in [0.717, 1.165) is 30.0 Å². The molecule has 1 aliphatic carbocycles. The molecule has 0 unspecified atom stereocenters. The summed E-state index contributed by atoms with van der Waals surface area (Å²) in [5, 5.41) is 8.64. The second-order valence-corrected chi connectivity index (χ2v) is 6.68. The Balaban J connectivity index is 0.00000104. The van der Waals surface area contributed by atoms with E-state index in [2.05, 4.69) is 15.6 Å². The smallest absolute Gasteiger partial charge is 0.275 e. The Morgan fingerprint density at radius 3 is 2.88 bits per heavy atom. The predicted octanol–water partition coefficient (Wildman–Crippen LogP) is 3.90. The first-order valence-electron chi connectivity index (χ1n) is 7.50. The highest BCUT2D eigenvalue weighted by Gasteiger charge is 2.27. The minimum absolute atomic E-state index is 0. The molecule has 130 valence electrons. The zero-order chi connectivity index (χ0) is 15.1. The highest BCUT2D eigenvalue weighted by molar-refractivity contribution is 7.10. The van der Waals surface area contributed by atoms with Crippen LogP contribution in [0, 0.1) is 5.82 Å². The summed E-state index contributed by atoms with van der Waals surface area (Å²) < 4.78 is 14.5. The molecule has 1 amide bonds. The Morgan fingerprint density at radius 2 is 2.12 bits per heavy atom. The maximum atomic E-state index is 14.5. The third-order valence-electron chi connectivity index (χ3n) is 4.14. The number of nitrogens with zero attached hydrogens (tertiary/aromatic N) is 1. The fourth-order valence-corrected chi connectivity index (χ4v) is 3.70. The van der Waals surface area contributed by atoms with Crippen LogP contribution in [0.4, 0.5) is 10.1 Å². The van der Waals surface area contributed by atoms with Crippen molar-refractivity contribution in [3.63, 3.8) is 0 Å². The number of nitrogens with one attached hydrogen (secondary N) is 2. The zero-order valence-corrected chi connectivity index (χ0v) is 15.3. The molecule has 1 aromatic heterocycles. The second kappa shape index (κ2) is 7.78. The zero-order valence-electron chi connectivity index (χ0n) is 12.8. The van der Waals surface area contributed by atoms with E-state index in [1.807, 2.05) is 6.07 Å². The summed E-state index contributed by atoms with van der Waals surface area (Å²) in [4.78, 5) is 16.6. The SMILES string of the molecule is Cl.Cl.O=C(Nc1ccc2c(c1F)CCNC2)c1csc(C2CC2)n1. The fraction of sp³-hybridized carbons (Fsp3) is 0.375. The number of hydrogen-bond donors (Lipinski definition) is 2. The number of amides is 1. The van der Waals surface area contributed by atoms with Gasteiger partial charge in [-0.15, -0.1) is 36.2 Å². The van der Waals surface area contributed by atoms with Crippen molar-refractivity contribution in [3.8, 4) is 0 Å². The Kier molecular flexibility index (Phi) is 6.20. The topological polar surface area (TPSA) is 54.0 Å². The van der Waals surface area contributed by atoms with Crippen molar-refractivity contribution in [2.75, 3.05) is 11.9 Å². The van der Waals surface area contributed by atoms with Crippen LogP contribution in [0.3, 0.4) is 0 Å². The van der Waals surface area contributed by atoms with Gasteiger partial charge in [0.2, 0.25) is 0 Å². The molecular formula is C16H18Cl2FN3OS. The van der Waals surface area contributed by atoms with Gasteiger partial charge in [0.25, 0.3) is 5.91 Å². The number of thiazole rings is 1. The number of rotatable bonds is 3. The highest BCUT2D eigenvalue weighted by atomic mass is 35.5. The largest absolute Gasteiger partial charge is 0.318 e. The Labute approximate surface area is 156 Å². The van der Waals surface area contributed by atoms with E-state index in [1.165, 1.54) is 11.3 Å². The van der Waals surface area contributed by atoms with Crippen molar-refractivity contribution in [2.45, 2.75) is 31.7 Å². The summed E-state index contributed by atoms with van der Waals surface area (Å²) in [5.41, 5.74) is 2.29.